The van der Waals surface area contributed by atoms with Crippen LogP contribution in [-0.2, 0) is 0 Å². The van der Waals surface area contributed by atoms with Gasteiger partial charge < -0.3 is 15.0 Å². The van der Waals surface area contributed by atoms with Gasteiger partial charge in [-0.1, -0.05) is 0 Å². The highest BCUT2D eigenvalue weighted by atomic mass is 32.2. The molecule has 1 fully saturated rings. The van der Waals surface area contributed by atoms with Crippen molar-refractivity contribution in [3.63, 3.8) is 0 Å². The van der Waals surface area contributed by atoms with E-state index in [1.54, 1.807) is 12.3 Å². The third kappa shape index (κ3) is 1.70. The zero-order valence-electron chi connectivity index (χ0n) is 7.60. The molecule has 1 N–H and O–H groups in total. The molecule has 6 heteroatoms. The van der Waals surface area contributed by atoms with Crippen LogP contribution in [0.25, 0.3) is 0 Å². The van der Waals surface area contributed by atoms with Gasteiger partial charge in [-0.25, -0.2) is 4.98 Å². The summed E-state index contributed by atoms with van der Waals surface area (Å²) in [6, 6.07) is 1.77. The fourth-order valence-corrected chi connectivity index (χ4v) is 2.46. The molecule has 0 spiro atoms. The molecule has 0 aliphatic carbocycles. The molecule has 1 aliphatic rings. The van der Waals surface area contributed by atoms with Gasteiger partial charge in [-0.15, -0.1) is 0 Å². The lowest BCUT2D eigenvalue weighted by atomic mass is 10.4. The van der Waals surface area contributed by atoms with E-state index in [1.165, 1.54) is 0 Å². The van der Waals surface area contributed by atoms with E-state index in [4.69, 9.17) is 0 Å². The molecule has 0 radical (unpaired) electrons. The van der Waals surface area contributed by atoms with Crippen molar-refractivity contribution in [1.29, 1.82) is 0 Å². The van der Waals surface area contributed by atoms with Crippen LogP contribution in [0.3, 0.4) is 0 Å². The van der Waals surface area contributed by atoms with E-state index in [0.29, 0.717) is 0 Å². The maximum absolute atomic E-state index is 10.7. The molecule has 0 bridgehead atoms. The summed E-state index contributed by atoms with van der Waals surface area (Å²) in [4.78, 5) is 15.0. The SMILES string of the molecule is O=[N+]([O-])c1[nH]ccc1N1CCSCC1. The molecule has 76 valence electrons. The molecule has 14 heavy (non-hydrogen) atoms. The third-order valence-electron chi connectivity index (χ3n) is 2.24. The van der Waals surface area contributed by atoms with E-state index in [1.807, 2.05) is 11.8 Å². The highest BCUT2D eigenvalue weighted by Crippen LogP contribution is 2.28. The van der Waals surface area contributed by atoms with Crippen LogP contribution in [0.2, 0.25) is 0 Å². The van der Waals surface area contributed by atoms with Crippen molar-refractivity contribution in [3.05, 3.63) is 22.4 Å². The minimum atomic E-state index is -0.364. The van der Waals surface area contributed by atoms with Gasteiger partial charge in [0.15, 0.2) is 0 Å². The number of nitrogens with one attached hydrogen (secondary N) is 1. The van der Waals surface area contributed by atoms with E-state index < -0.39 is 0 Å². The van der Waals surface area contributed by atoms with Crippen LogP contribution in [0, 0.1) is 10.1 Å². The zero-order valence-corrected chi connectivity index (χ0v) is 8.42. The van der Waals surface area contributed by atoms with Gasteiger partial charge in [0.2, 0.25) is 0 Å². The van der Waals surface area contributed by atoms with Gasteiger partial charge in [-0.05, 0) is 4.92 Å². The van der Waals surface area contributed by atoms with E-state index in [9.17, 15) is 10.1 Å². The van der Waals surface area contributed by atoms with Crippen molar-refractivity contribution in [2.24, 2.45) is 0 Å². The lowest BCUT2D eigenvalue weighted by Gasteiger charge is -2.26. The third-order valence-corrected chi connectivity index (χ3v) is 3.18. The number of thioether (sulfide) groups is 1. The molecule has 5 nitrogen and oxygen atoms in total. The van der Waals surface area contributed by atoms with Crippen LogP contribution in [0.15, 0.2) is 12.3 Å². The molecule has 2 heterocycles. The molecular weight excluding hydrogens is 202 g/mol. The number of nitrogens with zero attached hydrogens (tertiary/aromatic N) is 2. The van der Waals surface area contributed by atoms with E-state index in [-0.39, 0.29) is 10.7 Å². The van der Waals surface area contributed by atoms with E-state index >= 15 is 0 Å². The van der Waals surface area contributed by atoms with Crippen LogP contribution in [0.1, 0.15) is 0 Å². The summed E-state index contributed by atoms with van der Waals surface area (Å²) >= 11 is 1.89. The quantitative estimate of drug-likeness (QED) is 0.597. The Bertz CT molecular complexity index is 333. The Morgan fingerprint density at radius 3 is 2.86 bits per heavy atom. The second-order valence-corrected chi connectivity index (χ2v) is 4.29. The summed E-state index contributed by atoms with van der Waals surface area (Å²) in [6.07, 6.45) is 1.62. The van der Waals surface area contributed by atoms with Gasteiger partial charge in [-0.2, -0.15) is 11.8 Å². The summed E-state index contributed by atoms with van der Waals surface area (Å²) in [5.41, 5.74) is 0.718. The Morgan fingerprint density at radius 2 is 2.21 bits per heavy atom. The first-order chi connectivity index (χ1) is 6.79. The minimum Gasteiger partial charge on any atom is -0.363 e. The number of aromatic amines is 1. The Balaban J connectivity index is 2.21. The van der Waals surface area contributed by atoms with Crippen LogP contribution in [0.5, 0.6) is 0 Å². The first-order valence-electron chi connectivity index (χ1n) is 4.43. The standard InChI is InChI=1S/C8H11N3O2S/c12-11(13)8-7(1-2-9-8)10-3-5-14-6-4-10/h1-2,9H,3-6H2. The fourth-order valence-electron chi connectivity index (χ4n) is 1.56. The van der Waals surface area contributed by atoms with Crippen LogP contribution in [0.4, 0.5) is 11.5 Å². The summed E-state index contributed by atoms with van der Waals surface area (Å²) in [7, 11) is 0. The maximum Gasteiger partial charge on any atom is 0.344 e. The number of hydrogen-bond acceptors (Lipinski definition) is 4. The average Bonchev–Trinajstić information content (AvgIpc) is 2.67. The second-order valence-electron chi connectivity index (χ2n) is 3.07. The fraction of sp³-hybridized carbons (Fsp3) is 0.500. The molecule has 1 aromatic heterocycles. The van der Waals surface area contributed by atoms with Gasteiger partial charge in [0.25, 0.3) is 0 Å². The van der Waals surface area contributed by atoms with E-state index in [0.717, 1.165) is 30.3 Å². The predicted molar refractivity (Wildman–Crippen MR) is 57.0 cm³/mol. The average molecular weight is 213 g/mol. The summed E-state index contributed by atoms with van der Waals surface area (Å²) < 4.78 is 0. The number of hydrogen-bond donors (Lipinski definition) is 1. The van der Waals surface area contributed by atoms with Gasteiger partial charge >= 0.3 is 5.82 Å². The highest BCUT2D eigenvalue weighted by molar-refractivity contribution is 7.99. The van der Waals surface area contributed by atoms with Crippen molar-refractivity contribution < 1.29 is 4.92 Å². The van der Waals surface area contributed by atoms with Gasteiger partial charge in [0, 0.05) is 30.7 Å². The Hall–Kier alpha value is -1.17. The normalized spacial score (nSPS) is 17.0. The number of H-pyrrole nitrogens is 1. The Morgan fingerprint density at radius 1 is 1.50 bits per heavy atom. The minimum absolute atomic E-state index is 0.108. The van der Waals surface area contributed by atoms with Crippen molar-refractivity contribution in [3.8, 4) is 0 Å². The summed E-state index contributed by atoms with van der Waals surface area (Å²) in [5, 5.41) is 10.7. The number of aromatic nitrogens is 1. The maximum atomic E-state index is 10.7. The smallest absolute Gasteiger partial charge is 0.344 e. The lowest BCUT2D eigenvalue weighted by Crippen LogP contribution is -2.32. The van der Waals surface area contributed by atoms with Crippen molar-refractivity contribution in [2.75, 3.05) is 29.5 Å². The van der Waals surface area contributed by atoms with E-state index in [2.05, 4.69) is 9.88 Å². The Labute approximate surface area is 85.6 Å². The van der Waals surface area contributed by atoms with Crippen molar-refractivity contribution >= 4 is 23.3 Å². The van der Waals surface area contributed by atoms with Crippen LogP contribution in [-0.4, -0.2) is 34.5 Å². The first-order valence-corrected chi connectivity index (χ1v) is 5.59. The van der Waals surface area contributed by atoms with Crippen molar-refractivity contribution in [1.82, 2.24) is 4.98 Å². The van der Waals surface area contributed by atoms with Gasteiger partial charge in [-0.3, -0.25) is 0 Å². The largest absolute Gasteiger partial charge is 0.363 e. The summed E-state index contributed by atoms with van der Waals surface area (Å²) in [6.45, 7) is 1.78. The number of rotatable bonds is 2. The Kier molecular flexibility index (Phi) is 2.62. The van der Waals surface area contributed by atoms with Gasteiger partial charge in [0.05, 0.1) is 6.20 Å². The zero-order chi connectivity index (χ0) is 9.97. The molecule has 2 rings (SSSR count). The topological polar surface area (TPSA) is 62.2 Å². The van der Waals surface area contributed by atoms with Crippen molar-refractivity contribution in [2.45, 2.75) is 0 Å². The highest BCUT2D eigenvalue weighted by Gasteiger charge is 2.20. The molecule has 0 saturated carbocycles. The lowest BCUT2D eigenvalue weighted by molar-refractivity contribution is -0.388. The molecule has 1 saturated heterocycles. The number of nitro groups is 1. The molecule has 0 amide bonds. The summed E-state index contributed by atoms with van der Waals surface area (Å²) in [5.74, 6) is 2.20. The van der Waals surface area contributed by atoms with Crippen LogP contribution >= 0.6 is 11.8 Å². The molecular formula is C8H11N3O2S. The van der Waals surface area contributed by atoms with Crippen LogP contribution < -0.4 is 4.90 Å². The molecule has 1 aromatic rings. The molecule has 0 atom stereocenters. The predicted octanol–water partition coefficient (Wildman–Crippen LogP) is 1.48. The molecule has 0 aromatic carbocycles. The monoisotopic (exact) mass is 213 g/mol. The van der Waals surface area contributed by atoms with Gasteiger partial charge in [0.1, 0.15) is 5.69 Å². The molecule has 0 unspecified atom stereocenters. The second kappa shape index (κ2) is 3.91. The number of anilines is 1. The molecule has 1 aliphatic heterocycles. The first kappa shape index (κ1) is 9.39.